The predicted molar refractivity (Wildman–Crippen MR) is 70.6 cm³/mol. The van der Waals surface area contributed by atoms with Crippen LogP contribution in [0, 0.1) is 0 Å². The summed E-state index contributed by atoms with van der Waals surface area (Å²) in [7, 11) is 0. The molecule has 2 N–H and O–H groups in total. The van der Waals surface area contributed by atoms with Gasteiger partial charge in [-0.25, -0.2) is 0 Å². The van der Waals surface area contributed by atoms with Gasteiger partial charge in [0.2, 0.25) is 11.8 Å². The number of nitrogens with one attached hydrogen (secondary N) is 1. The molecule has 1 fully saturated rings. The van der Waals surface area contributed by atoms with Gasteiger partial charge >= 0.3 is 0 Å². The number of phenolic OH excluding ortho intramolecular Hbond substituents is 1. The molecule has 1 saturated heterocycles. The number of hydrogen-bond acceptors (Lipinski definition) is 3. The molecule has 0 radical (unpaired) electrons. The van der Waals surface area contributed by atoms with Crippen molar-refractivity contribution in [1.29, 1.82) is 0 Å². The summed E-state index contributed by atoms with van der Waals surface area (Å²) in [6.07, 6.45) is 0.872. The molecule has 0 saturated carbocycles. The molecule has 2 rings (SSSR count). The maximum absolute atomic E-state index is 12.3. The molecule has 102 valence electrons. The van der Waals surface area contributed by atoms with Crippen LogP contribution in [0.3, 0.4) is 0 Å². The fourth-order valence-electron chi connectivity index (χ4n) is 2.31. The Labute approximate surface area is 112 Å². The first-order chi connectivity index (χ1) is 9.11. The maximum Gasteiger partial charge on any atom is 0.242 e. The van der Waals surface area contributed by atoms with Crippen LogP contribution in [-0.2, 0) is 16.0 Å². The first-order valence-corrected chi connectivity index (χ1v) is 6.47. The van der Waals surface area contributed by atoms with Crippen molar-refractivity contribution in [2.45, 2.75) is 25.8 Å². The minimum atomic E-state index is -0.363. The van der Waals surface area contributed by atoms with E-state index in [4.69, 9.17) is 0 Å². The van der Waals surface area contributed by atoms with E-state index in [0.717, 1.165) is 5.56 Å². The second-order valence-electron chi connectivity index (χ2n) is 4.65. The van der Waals surface area contributed by atoms with Crippen LogP contribution >= 0.6 is 0 Å². The number of amides is 2. The highest BCUT2D eigenvalue weighted by molar-refractivity contribution is 5.89. The van der Waals surface area contributed by atoms with Crippen molar-refractivity contribution >= 4 is 11.8 Å². The Balaban J connectivity index is 2.06. The number of carbonyl (C=O) groups is 2. The summed E-state index contributed by atoms with van der Waals surface area (Å²) >= 11 is 0. The normalized spacial score (nSPS) is 19.1. The molecule has 1 unspecified atom stereocenters. The first-order valence-electron chi connectivity index (χ1n) is 6.47. The smallest absolute Gasteiger partial charge is 0.242 e. The fraction of sp³-hybridized carbons (Fsp3) is 0.429. The van der Waals surface area contributed by atoms with Gasteiger partial charge in [0.05, 0.1) is 6.42 Å². The summed E-state index contributed by atoms with van der Waals surface area (Å²) in [6.45, 7) is 2.97. The lowest BCUT2D eigenvalue weighted by molar-refractivity contribution is -0.142. The number of hydrogen-bond donors (Lipinski definition) is 2. The third-order valence-corrected chi connectivity index (χ3v) is 3.33. The lowest BCUT2D eigenvalue weighted by Crippen LogP contribution is -2.57. The highest BCUT2D eigenvalue weighted by Crippen LogP contribution is 2.14. The average molecular weight is 262 g/mol. The van der Waals surface area contributed by atoms with Crippen molar-refractivity contribution < 1.29 is 14.7 Å². The molecule has 2 amide bonds. The van der Waals surface area contributed by atoms with Gasteiger partial charge < -0.3 is 15.3 Å². The molecule has 1 atom stereocenters. The van der Waals surface area contributed by atoms with E-state index in [-0.39, 0.29) is 30.0 Å². The summed E-state index contributed by atoms with van der Waals surface area (Å²) in [5, 5.41) is 12.0. The van der Waals surface area contributed by atoms with Crippen LogP contribution in [0.4, 0.5) is 0 Å². The van der Waals surface area contributed by atoms with E-state index in [1.54, 1.807) is 29.2 Å². The number of phenols is 1. The minimum absolute atomic E-state index is 0.0487. The Morgan fingerprint density at radius 1 is 1.42 bits per heavy atom. The van der Waals surface area contributed by atoms with Crippen molar-refractivity contribution in [3.63, 3.8) is 0 Å². The number of aromatic hydroxyl groups is 1. The second kappa shape index (κ2) is 5.73. The number of rotatable bonds is 3. The molecule has 5 heteroatoms. The maximum atomic E-state index is 12.3. The van der Waals surface area contributed by atoms with E-state index >= 15 is 0 Å². The molecule has 0 aliphatic carbocycles. The molecule has 1 aliphatic heterocycles. The highest BCUT2D eigenvalue weighted by atomic mass is 16.3. The van der Waals surface area contributed by atoms with Gasteiger partial charge in [-0.2, -0.15) is 0 Å². The lowest BCUT2D eigenvalue weighted by atomic mass is 10.1. The minimum Gasteiger partial charge on any atom is -0.508 e. The van der Waals surface area contributed by atoms with Gasteiger partial charge in [-0.3, -0.25) is 9.59 Å². The zero-order valence-electron chi connectivity index (χ0n) is 10.9. The Hall–Kier alpha value is -2.04. The quantitative estimate of drug-likeness (QED) is 0.841. The van der Waals surface area contributed by atoms with Crippen LogP contribution in [0.1, 0.15) is 18.9 Å². The molecule has 1 heterocycles. The summed E-state index contributed by atoms with van der Waals surface area (Å²) in [5.74, 6) is 0.0557. The Morgan fingerprint density at radius 3 is 2.74 bits per heavy atom. The van der Waals surface area contributed by atoms with Gasteiger partial charge in [-0.05, 0) is 24.1 Å². The number of nitrogens with zero attached hydrogens (tertiary/aromatic N) is 1. The zero-order valence-corrected chi connectivity index (χ0v) is 10.9. The van der Waals surface area contributed by atoms with Crippen molar-refractivity contribution in [3.8, 4) is 5.75 Å². The highest BCUT2D eigenvalue weighted by Gasteiger charge is 2.31. The molecule has 19 heavy (non-hydrogen) atoms. The van der Waals surface area contributed by atoms with Crippen molar-refractivity contribution in [2.75, 3.05) is 13.1 Å². The Morgan fingerprint density at radius 2 is 2.11 bits per heavy atom. The van der Waals surface area contributed by atoms with Gasteiger partial charge in [0, 0.05) is 13.1 Å². The molecule has 1 aromatic rings. The van der Waals surface area contributed by atoms with E-state index in [9.17, 15) is 14.7 Å². The Kier molecular flexibility index (Phi) is 4.04. The van der Waals surface area contributed by atoms with Gasteiger partial charge in [-0.15, -0.1) is 0 Å². The van der Waals surface area contributed by atoms with Gasteiger partial charge in [0.15, 0.2) is 0 Å². The summed E-state index contributed by atoms with van der Waals surface area (Å²) < 4.78 is 0. The molecule has 0 spiro atoms. The van der Waals surface area contributed by atoms with Gasteiger partial charge in [0.1, 0.15) is 11.8 Å². The van der Waals surface area contributed by atoms with Crippen LogP contribution in [0.25, 0.3) is 0 Å². The third kappa shape index (κ3) is 3.05. The lowest BCUT2D eigenvalue weighted by Gasteiger charge is -2.34. The molecule has 0 aromatic heterocycles. The monoisotopic (exact) mass is 262 g/mol. The number of piperazine rings is 1. The predicted octanol–water partition coefficient (Wildman–Crippen LogP) is 0.672. The summed E-state index contributed by atoms with van der Waals surface area (Å²) in [5.41, 5.74) is 0.837. The fourth-order valence-corrected chi connectivity index (χ4v) is 2.31. The molecular formula is C14H18N2O3. The number of carbonyl (C=O) groups excluding carboxylic acids is 2. The van der Waals surface area contributed by atoms with Crippen LogP contribution in [0.5, 0.6) is 5.75 Å². The standard InChI is InChI=1S/C14H18N2O3/c1-2-12-14(19)15-7-8-16(12)13(18)9-10-3-5-11(17)6-4-10/h3-6,12,17H,2,7-9H2,1H3,(H,15,19). The van der Waals surface area contributed by atoms with Gasteiger partial charge in [0.25, 0.3) is 0 Å². The zero-order chi connectivity index (χ0) is 13.8. The van der Waals surface area contributed by atoms with E-state index < -0.39 is 0 Å². The van der Waals surface area contributed by atoms with Crippen LogP contribution in [-0.4, -0.2) is 41.0 Å². The van der Waals surface area contributed by atoms with E-state index in [2.05, 4.69) is 5.32 Å². The second-order valence-corrected chi connectivity index (χ2v) is 4.65. The topological polar surface area (TPSA) is 69.6 Å². The SMILES string of the molecule is CCC1C(=O)NCCN1C(=O)Cc1ccc(O)cc1. The van der Waals surface area contributed by atoms with Crippen molar-refractivity contribution in [3.05, 3.63) is 29.8 Å². The third-order valence-electron chi connectivity index (χ3n) is 3.33. The van der Waals surface area contributed by atoms with Crippen LogP contribution < -0.4 is 5.32 Å². The van der Waals surface area contributed by atoms with Gasteiger partial charge in [-0.1, -0.05) is 19.1 Å². The van der Waals surface area contributed by atoms with Crippen LogP contribution in [0.2, 0.25) is 0 Å². The molecule has 5 nitrogen and oxygen atoms in total. The Bertz CT molecular complexity index is 470. The molecule has 0 bridgehead atoms. The molecule has 1 aromatic carbocycles. The van der Waals surface area contributed by atoms with E-state index in [1.807, 2.05) is 6.92 Å². The summed E-state index contributed by atoms with van der Waals surface area (Å²) in [4.78, 5) is 25.6. The average Bonchev–Trinajstić information content (AvgIpc) is 2.41. The summed E-state index contributed by atoms with van der Waals surface area (Å²) in [6, 6.07) is 6.19. The van der Waals surface area contributed by atoms with Crippen molar-refractivity contribution in [1.82, 2.24) is 10.2 Å². The number of benzene rings is 1. The van der Waals surface area contributed by atoms with E-state index in [0.29, 0.717) is 19.5 Å². The van der Waals surface area contributed by atoms with E-state index in [1.165, 1.54) is 0 Å². The molecular weight excluding hydrogens is 244 g/mol. The molecule has 1 aliphatic rings. The van der Waals surface area contributed by atoms with Crippen molar-refractivity contribution in [2.24, 2.45) is 0 Å². The first kappa shape index (κ1) is 13.4. The largest absolute Gasteiger partial charge is 0.508 e. The van der Waals surface area contributed by atoms with Crippen LogP contribution in [0.15, 0.2) is 24.3 Å².